The molecule has 150 valence electrons. The van der Waals surface area contributed by atoms with Crippen LogP contribution in [0.2, 0.25) is 0 Å². The van der Waals surface area contributed by atoms with Crippen molar-refractivity contribution in [1.82, 2.24) is 9.80 Å². The number of nitrogens with zero attached hydrogens (tertiary/aromatic N) is 2. The van der Waals surface area contributed by atoms with E-state index in [1.807, 2.05) is 0 Å². The minimum atomic E-state index is -1.01. The molecule has 0 saturated carbocycles. The van der Waals surface area contributed by atoms with Gasteiger partial charge >= 0.3 is 11.9 Å². The van der Waals surface area contributed by atoms with Crippen LogP contribution in [0.3, 0.4) is 0 Å². The Labute approximate surface area is 155 Å². The van der Waals surface area contributed by atoms with Crippen molar-refractivity contribution in [3.05, 3.63) is 0 Å². The molecule has 0 atom stereocenters. The van der Waals surface area contributed by atoms with Crippen molar-refractivity contribution >= 4 is 23.8 Å². The lowest BCUT2D eigenvalue weighted by Gasteiger charge is -2.16. The van der Waals surface area contributed by atoms with Gasteiger partial charge in [-0.1, -0.05) is 25.7 Å². The number of esters is 1. The van der Waals surface area contributed by atoms with Gasteiger partial charge in [-0.05, 0) is 19.8 Å². The first-order chi connectivity index (χ1) is 12.3. The summed E-state index contributed by atoms with van der Waals surface area (Å²) in [5.41, 5.74) is 0. The number of unbranched alkanes of at least 4 members (excludes halogenated alkanes) is 5. The van der Waals surface area contributed by atoms with Gasteiger partial charge < -0.3 is 19.6 Å². The van der Waals surface area contributed by atoms with Crippen LogP contribution in [-0.2, 0) is 23.9 Å². The summed E-state index contributed by atoms with van der Waals surface area (Å²) >= 11 is 0. The van der Waals surface area contributed by atoms with E-state index in [0.29, 0.717) is 19.4 Å². The van der Waals surface area contributed by atoms with Crippen LogP contribution in [-0.4, -0.2) is 72.5 Å². The molecule has 8 nitrogen and oxygen atoms in total. The average Bonchev–Trinajstić information content (AvgIpc) is 2.56. The van der Waals surface area contributed by atoms with Crippen molar-refractivity contribution in [2.75, 3.05) is 33.8 Å². The van der Waals surface area contributed by atoms with Gasteiger partial charge in [0.1, 0.15) is 13.1 Å². The highest BCUT2D eigenvalue weighted by Gasteiger charge is 2.13. The molecule has 0 radical (unpaired) electrons. The number of carbonyl (C=O) groups excluding carboxylic acids is 3. The number of hydrogen-bond acceptors (Lipinski definition) is 5. The van der Waals surface area contributed by atoms with Crippen molar-refractivity contribution in [3.63, 3.8) is 0 Å². The second-order valence-corrected chi connectivity index (χ2v) is 6.32. The number of carboxylic acids is 1. The summed E-state index contributed by atoms with van der Waals surface area (Å²) in [7, 11) is 3.09. The predicted octanol–water partition coefficient (Wildman–Crippen LogP) is 1.67. The van der Waals surface area contributed by atoms with Gasteiger partial charge in [-0.2, -0.15) is 0 Å². The summed E-state index contributed by atoms with van der Waals surface area (Å²) in [6.07, 6.45) is 6.07. The number of carbonyl (C=O) groups is 4. The van der Waals surface area contributed by atoms with Crippen molar-refractivity contribution in [2.45, 2.75) is 58.3 Å². The summed E-state index contributed by atoms with van der Waals surface area (Å²) < 4.78 is 4.80. The molecule has 0 aromatic carbocycles. The van der Waals surface area contributed by atoms with E-state index in [2.05, 4.69) is 0 Å². The van der Waals surface area contributed by atoms with Crippen LogP contribution in [0.1, 0.15) is 58.3 Å². The van der Waals surface area contributed by atoms with Crippen molar-refractivity contribution in [1.29, 1.82) is 0 Å². The minimum absolute atomic E-state index is 0.0168. The molecule has 0 saturated heterocycles. The molecule has 0 aromatic heterocycles. The Kier molecular flexibility index (Phi) is 12.9. The first-order valence-corrected chi connectivity index (χ1v) is 9.13. The topological polar surface area (TPSA) is 104 Å². The third-order valence-corrected chi connectivity index (χ3v) is 3.93. The zero-order valence-electron chi connectivity index (χ0n) is 16.2. The van der Waals surface area contributed by atoms with E-state index in [1.54, 1.807) is 14.0 Å². The van der Waals surface area contributed by atoms with Crippen LogP contribution in [0.4, 0.5) is 0 Å². The van der Waals surface area contributed by atoms with E-state index in [1.165, 1.54) is 16.8 Å². The number of carboxylic acid groups (broad SMARTS) is 1. The molecule has 1 N–H and O–H groups in total. The van der Waals surface area contributed by atoms with Gasteiger partial charge in [0.25, 0.3) is 0 Å². The van der Waals surface area contributed by atoms with E-state index >= 15 is 0 Å². The molecule has 8 heteroatoms. The van der Waals surface area contributed by atoms with Gasteiger partial charge in [0.15, 0.2) is 0 Å². The van der Waals surface area contributed by atoms with E-state index in [0.717, 1.165) is 38.5 Å². The lowest BCUT2D eigenvalue weighted by atomic mass is 10.1. The predicted molar refractivity (Wildman–Crippen MR) is 96.5 cm³/mol. The molecule has 0 bridgehead atoms. The maximum Gasteiger partial charge on any atom is 0.325 e. The van der Waals surface area contributed by atoms with Crippen LogP contribution in [0.5, 0.6) is 0 Å². The highest BCUT2D eigenvalue weighted by atomic mass is 16.5. The van der Waals surface area contributed by atoms with Gasteiger partial charge in [0.05, 0.1) is 6.61 Å². The number of aliphatic carboxylic acids is 1. The largest absolute Gasteiger partial charge is 0.480 e. The van der Waals surface area contributed by atoms with E-state index in [9.17, 15) is 19.2 Å². The highest BCUT2D eigenvalue weighted by molar-refractivity contribution is 5.82. The molecule has 0 aromatic rings. The third kappa shape index (κ3) is 12.3. The van der Waals surface area contributed by atoms with Crippen molar-refractivity contribution in [3.8, 4) is 0 Å². The molecule has 0 spiro atoms. The Morgan fingerprint density at radius 1 is 0.769 bits per heavy atom. The fourth-order valence-corrected chi connectivity index (χ4v) is 2.42. The Morgan fingerprint density at radius 2 is 1.19 bits per heavy atom. The lowest BCUT2D eigenvalue weighted by Crippen LogP contribution is -2.32. The van der Waals surface area contributed by atoms with E-state index in [4.69, 9.17) is 9.84 Å². The molecule has 26 heavy (non-hydrogen) atoms. The first-order valence-electron chi connectivity index (χ1n) is 9.13. The number of likely N-dealkylation sites (N-methyl/N-ethyl adjacent to an activating group) is 2. The maximum absolute atomic E-state index is 11.9. The third-order valence-electron chi connectivity index (χ3n) is 3.93. The standard InChI is InChI=1S/C18H32N2O6/c1-4-26-18(25)14-20(3)16(22)12-10-8-6-5-7-9-11-15(21)19(2)13-17(23)24/h4-14H2,1-3H3,(H,23,24). The molecule has 0 rings (SSSR count). The molecule has 0 aliphatic heterocycles. The number of rotatable bonds is 14. The minimum Gasteiger partial charge on any atom is -0.480 e. The van der Waals surface area contributed by atoms with Gasteiger partial charge in [-0.3, -0.25) is 19.2 Å². The maximum atomic E-state index is 11.9. The van der Waals surface area contributed by atoms with Crippen molar-refractivity contribution < 1.29 is 29.0 Å². The Balaban J connectivity index is 3.64. The zero-order chi connectivity index (χ0) is 19.9. The molecule has 0 aliphatic carbocycles. The van der Waals surface area contributed by atoms with E-state index < -0.39 is 11.9 Å². The average molecular weight is 372 g/mol. The SMILES string of the molecule is CCOC(=O)CN(C)C(=O)CCCCCCCCC(=O)N(C)CC(=O)O. The van der Waals surface area contributed by atoms with Gasteiger partial charge in [-0.25, -0.2) is 0 Å². The molecular formula is C18H32N2O6. The summed E-state index contributed by atoms with van der Waals surface area (Å²) in [4.78, 5) is 48.0. The quantitative estimate of drug-likeness (QED) is 0.367. The highest BCUT2D eigenvalue weighted by Crippen LogP contribution is 2.10. The second kappa shape index (κ2) is 14.1. The first kappa shape index (κ1) is 23.9. The number of amides is 2. The zero-order valence-corrected chi connectivity index (χ0v) is 16.2. The Morgan fingerprint density at radius 3 is 1.62 bits per heavy atom. The molecule has 0 fully saturated rings. The number of hydrogen-bond donors (Lipinski definition) is 1. The normalized spacial score (nSPS) is 10.3. The van der Waals surface area contributed by atoms with Crippen molar-refractivity contribution in [2.24, 2.45) is 0 Å². The monoisotopic (exact) mass is 372 g/mol. The number of ether oxygens (including phenoxy) is 1. The van der Waals surface area contributed by atoms with Crippen LogP contribution in [0.25, 0.3) is 0 Å². The second-order valence-electron chi connectivity index (χ2n) is 6.32. The van der Waals surface area contributed by atoms with E-state index in [-0.39, 0.29) is 24.9 Å². The van der Waals surface area contributed by atoms with Crippen LogP contribution in [0, 0.1) is 0 Å². The van der Waals surface area contributed by atoms with Crippen LogP contribution in [0.15, 0.2) is 0 Å². The molecule has 2 amide bonds. The molecule has 0 heterocycles. The van der Waals surface area contributed by atoms with Gasteiger partial charge in [-0.15, -0.1) is 0 Å². The molecule has 0 aliphatic rings. The summed E-state index contributed by atoms with van der Waals surface area (Å²) in [5, 5.41) is 8.62. The Hall–Kier alpha value is -2.12. The summed E-state index contributed by atoms with van der Waals surface area (Å²) in [6, 6.07) is 0. The fourth-order valence-electron chi connectivity index (χ4n) is 2.42. The molecular weight excluding hydrogens is 340 g/mol. The fraction of sp³-hybridized carbons (Fsp3) is 0.778. The summed E-state index contributed by atoms with van der Waals surface area (Å²) in [6.45, 7) is 1.75. The summed E-state index contributed by atoms with van der Waals surface area (Å²) in [5.74, 6) is -1.62. The smallest absolute Gasteiger partial charge is 0.325 e. The Bertz CT molecular complexity index is 467. The van der Waals surface area contributed by atoms with Crippen LogP contribution >= 0.6 is 0 Å². The van der Waals surface area contributed by atoms with Gasteiger partial charge in [0, 0.05) is 26.9 Å². The molecule has 0 unspecified atom stereocenters. The lowest BCUT2D eigenvalue weighted by molar-refractivity contribution is -0.148. The van der Waals surface area contributed by atoms with Gasteiger partial charge in [0.2, 0.25) is 11.8 Å². The van der Waals surface area contributed by atoms with Crippen LogP contribution < -0.4 is 0 Å².